The molecule has 0 aromatic heterocycles. The highest BCUT2D eigenvalue weighted by atomic mass is 28.4. The lowest BCUT2D eigenvalue weighted by molar-refractivity contribution is 0.318. The summed E-state index contributed by atoms with van der Waals surface area (Å²) in [6, 6.07) is 1.30. The highest BCUT2D eigenvalue weighted by Crippen LogP contribution is 2.60. The van der Waals surface area contributed by atoms with Crippen molar-refractivity contribution in [2.45, 2.75) is 129 Å². The summed E-state index contributed by atoms with van der Waals surface area (Å²) in [6.45, 7) is 33.9. The van der Waals surface area contributed by atoms with Gasteiger partial charge in [0.05, 0.1) is 8.80 Å². The monoisotopic (exact) mass is 411 g/mol. The Morgan fingerprint density at radius 2 is 1.11 bits per heavy atom. The molecule has 1 atom stereocenters. The average molecular weight is 412 g/mol. The largest absolute Gasteiger partial charge is 0.418 e. The summed E-state index contributed by atoms with van der Waals surface area (Å²) < 4.78 is 6.69. The van der Waals surface area contributed by atoms with Crippen LogP contribution in [-0.4, -0.2) is 24.2 Å². The van der Waals surface area contributed by atoms with Crippen molar-refractivity contribution in [2.75, 3.05) is 7.11 Å². The van der Waals surface area contributed by atoms with Crippen LogP contribution in [0.25, 0.3) is 0 Å². The zero-order chi connectivity index (χ0) is 22.1. The van der Waals surface area contributed by atoms with Gasteiger partial charge in [0.2, 0.25) is 8.32 Å². The van der Waals surface area contributed by atoms with E-state index in [0.29, 0.717) is 21.5 Å². The van der Waals surface area contributed by atoms with E-state index in [0.717, 1.165) is 0 Å². The summed E-state index contributed by atoms with van der Waals surface area (Å²) in [5.74, 6) is 0.580. The molecule has 1 radical (unpaired) electrons. The third-order valence-corrected chi connectivity index (χ3v) is 17.5. The molecule has 0 aliphatic carbocycles. The lowest BCUT2D eigenvalue weighted by Gasteiger charge is -2.55. The third kappa shape index (κ3) is 6.57. The Bertz CT molecular complexity index is 450. The van der Waals surface area contributed by atoms with Crippen molar-refractivity contribution < 1.29 is 4.43 Å². The summed E-state index contributed by atoms with van der Waals surface area (Å²) in [5.41, 5.74) is 0.539. The van der Waals surface area contributed by atoms with Crippen molar-refractivity contribution in [1.82, 2.24) is 0 Å². The van der Waals surface area contributed by atoms with Gasteiger partial charge in [0, 0.05) is 7.11 Å². The minimum absolute atomic E-state index is 0.175. The van der Waals surface area contributed by atoms with E-state index >= 15 is 0 Å². The molecule has 0 aromatic carbocycles. The van der Waals surface area contributed by atoms with Gasteiger partial charge in [0.1, 0.15) is 0 Å². The molecular formula is C24H51OSi2. The average Bonchev–Trinajstić information content (AvgIpc) is 2.35. The fourth-order valence-corrected chi connectivity index (χ4v) is 17.9. The van der Waals surface area contributed by atoms with E-state index in [1.807, 2.05) is 7.11 Å². The molecule has 0 fully saturated rings. The molecule has 0 N–H and O–H groups in total. The van der Waals surface area contributed by atoms with Gasteiger partial charge in [-0.1, -0.05) is 115 Å². The van der Waals surface area contributed by atoms with Crippen LogP contribution in [0.3, 0.4) is 0 Å². The maximum atomic E-state index is 6.69. The minimum atomic E-state index is -2.15. The van der Waals surface area contributed by atoms with Gasteiger partial charge in [-0.25, -0.2) is 0 Å². The second-order valence-electron chi connectivity index (χ2n) is 12.9. The van der Waals surface area contributed by atoms with Gasteiger partial charge < -0.3 is 4.43 Å². The predicted octanol–water partition coefficient (Wildman–Crippen LogP) is 8.86. The van der Waals surface area contributed by atoms with Crippen LogP contribution >= 0.6 is 0 Å². The first kappa shape index (κ1) is 27.1. The molecule has 0 bridgehead atoms. The molecule has 1 unspecified atom stereocenters. The van der Waals surface area contributed by atoms with Crippen molar-refractivity contribution in [3.8, 4) is 0 Å². The van der Waals surface area contributed by atoms with E-state index < -0.39 is 17.1 Å². The van der Waals surface area contributed by atoms with Gasteiger partial charge in [-0.2, -0.15) is 0 Å². The van der Waals surface area contributed by atoms with E-state index in [9.17, 15) is 0 Å². The van der Waals surface area contributed by atoms with E-state index in [1.165, 1.54) is 6.04 Å². The fraction of sp³-hybridized carbons (Fsp3) is 0.917. The second kappa shape index (κ2) is 8.87. The summed E-state index contributed by atoms with van der Waals surface area (Å²) in [5, 5.41) is 1.09. The van der Waals surface area contributed by atoms with E-state index in [-0.39, 0.29) is 10.1 Å². The summed E-state index contributed by atoms with van der Waals surface area (Å²) in [7, 11) is -0.781. The standard InChI is InChI=1S/C24H51OSi2/c1-19(2)16-17-20(18-26(21(3,4)5)22(6,7)8)27(25-15,23(9,10)11)24(12,13)14/h16-17,19-20H,18H2,1-15H3/b17-16-. The van der Waals surface area contributed by atoms with Crippen LogP contribution in [0.2, 0.25) is 31.7 Å². The molecule has 0 aliphatic rings. The zero-order valence-electron chi connectivity index (χ0n) is 21.4. The van der Waals surface area contributed by atoms with Crippen molar-refractivity contribution in [1.29, 1.82) is 0 Å². The Balaban J connectivity index is 6.61. The summed E-state index contributed by atoms with van der Waals surface area (Å²) in [4.78, 5) is 0. The van der Waals surface area contributed by atoms with Gasteiger partial charge >= 0.3 is 0 Å². The van der Waals surface area contributed by atoms with E-state index in [1.54, 1.807) is 0 Å². The lowest BCUT2D eigenvalue weighted by Crippen LogP contribution is -2.58. The first-order valence-corrected chi connectivity index (χ1v) is 14.5. The predicted molar refractivity (Wildman–Crippen MR) is 130 cm³/mol. The van der Waals surface area contributed by atoms with Gasteiger partial charge in [0.15, 0.2) is 0 Å². The molecule has 161 valence electrons. The highest BCUT2D eigenvalue weighted by Gasteiger charge is 2.59. The smallest absolute Gasteiger partial charge is 0.209 e. The Kier molecular flexibility index (Phi) is 8.92. The SMILES string of the molecule is CO[Si](C(/C=C\C(C)C)C[Si](C(C)(C)C)C(C)(C)C)(C(C)(C)C)C(C)(C)C. The van der Waals surface area contributed by atoms with Crippen LogP contribution in [-0.2, 0) is 4.43 Å². The molecule has 0 saturated heterocycles. The highest BCUT2D eigenvalue weighted by molar-refractivity contribution is 6.82. The summed E-state index contributed by atoms with van der Waals surface area (Å²) >= 11 is 0. The number of hydrogen-bond donors (Lipinski definition) is 0. The van der Waals surface area contributed by atoms with Gasteiger partial charge in [0.25, 0.3) is 0 Å². The van der Waals surface area contributed by atoms with E-state index in [4.69, 9.17) is 4.43 Å². The third-order valence-electron chi connectivity index (χ3n) is 6.04. The molecular weight excluding hydrogens is 360 g/mol. The summed E-state index contributed by atoms with van der Waals surface area (Å²) in [6.07, 6.45) is 5.01. The molecule has 0 amide bonds. The topological polar surface area (TPSA) is 9.23 Å². The van der Waals surface area contributed by atoms with Crippen LogP contribution in [0.15, 0.2) is 12.2 Å². The van der Waals surface area contributed by atoms with Crippen LogP contribution < -0.4 is 0 Å². The Hall–Kier alpha value is 0.134. The van der Waals surface area contributed by atoms with Gasteiger partial charge in [-0.3, -0.25) is 0 Å². The van der Waals surface area contributed by atoms with Crippen molar-refractivity contribution in [3.63, 3.8) is 0 Å². The minimum Gasteiger partial charge on any atom is -0.418 e. The van der Waals surface area contributed by atoms with Crippen molar-refractivity contribution >= 4 is 17.1 Å². The number of allylic oxidation sites excluding steroid dienone is 2. The van der Waals surface area contributed by atoms with Crippen LogP contribution in [0.1, 0.15) is 96.9 Å². The maximum Gasteiger partial charge on any atom is 0.209 e. The number of rotatable bonds is 6. The van der Waals surface area contributed by atoms with Gasteiger partial charge in [-0.15, -0.1) is 0 Å². The van der Waals surface area contributed by atoms with Crippen LogP contribution in [0, 0.1) is 5.92 Å². The van der Waals surface area contributed by atoms with Gasteiger partial charge in [-0.05, 0) is 31.6 Å². The van der Waals surface area contributed by atoms with Crippen molar-refractivity contribution in [3.05, 3.63) is 12.2 Å². The molecule has 0 saturated carbocycles. The van der Waals surface area contributed by atoms with Crippen LogP contribution in [0.4, 0.5) is 0 Å². The lowest BCUT2D eigenvalue weighted by atomic mass is 10.2. The molecule has 27 heavy (non-hydrogen) atoms. The molecule has 0 rings (SSSR count). The first-order valence-electron chi connectivity index (χ1n) is 10.8. The molecule has 1 nitrogen and oxygen atoms in total. The van der Waals surface area contributed by atoms with Crippen LogP contribution in [0.5, 0.6) is 0 Å². The Morgan fingerprint density at radius 3 is 1.33 bits per heavy atom. The molecule has 0 aromatic rings. The van der Waals surface area contributed by atoms with E-state index in [2.05, 4.69) is 109 Å². The Morgan fingerprint density at radius 1 is 0.741 bits per heavy atom. The second-order valence-corrected chi connectivity index (χ2v) is 22.8. The Labute approximate surface area is 175 Å². The molecule has 3 heteroatoms. The zero-order valence-corrected chi connectivity index (χ0v) is 23.4. The normalized spacial score (nSPS) is 16.6. The fourth-order valence-electron chi connectivity index (χ4n) is 5.66. The first-order chi connectivity index (χ1) is 11.7. The quantitative estimate of drug-likeness (QED) is 0.313. The molecule has 0 heterocycles. The number of hydrogen-bond acceptors (Lipinski definition) is 1. The molecule has 0 aliphatic heterocycles. The maximum absolute atomic E-state index is 6.69. The molecule has 0 spiro atoms. The van der Waals surface area contributed by atoms with Crippen molar-refractivity contribution in [2.24, 2.45) is 5.92 Å².